The molecule has 0 aliphatic heterocycles. The molecule has 3 nitrogen and oxygen atoms in total. The van der Waals surface area contributed by atoms with Crippen molar-refractivity contribution in [1.29, 1.82) is 0 Å². The minimum absolute atomic E-state index is 0.624. The van der Waals surface area contributed by atoms with Crippen LogP contribution >= 0.6 is 11.3 Å². The topological polar surface area (TPSA) is 54.7 Å². The third kappa shape index (κ3) is 1.61. The summed E-state index contributed by atoms with van der Waals surface area (Å²) in [7, 11) is 0. The highest BCUT2D eigenvalue weighted by atomic mass is 32.1. The fourth-order valence-electron chi connectivity index (χ4n) is 2.10. The third-order valence-electron chi connectivity index (χ3n) is 2.91. The van der Waals surface area contributed by atoms with Crippen molar-refractivity contribution in [2.75, 3.05) is 5.73 Å². The summed E-state index contributed by atoms with van der Waals surface area (Å²) in [4.78, 5) is 8.85. The number of hydrogen-bond acceptors (Lipinski definition) is 3. The van der Waals surface area contributed by atoms with E-state index in [1.807, 2.05) is 6.20 Å². The first-order valence-electron chi connectivity index (χ1n) is 5.46. The predicted octanol–water partition coefficient (Wildman–Crippen LogP) is 3.49. The van der Waals surface area contributed by atoms with Gasteiger partial charge in [0.2, 0.25) is 0 Å². The Bertz CT molecular complexity index is 694. The Labute approximate surface area is 103 Å². The fraction of sp³-hybridized carbons (Fsp3) is 0.154. The van der Waals surface area contributed by atoms with Gasteiger partial charge < -0.3 is 10.7 Å². The Kier molecular flexibility index (Phi) is 2.19. The van der Waals surface area contributed by atoms with Gasteiger partial charge in [0.25, 0.3) is 0 Å². The van der Waals surface area contributed by atoms with Gasteiger partial charge in [-0.25, -0.2) is 4.98 Å². The van der Waals surface area contributed by atoms with Crippen molar-refractivity contribution in [2.24, 2.45) is 0 Å². The number of rotatable bonds is 1. The van der Waals surface area contributed by atoms with Gasteiger partial charge in [0.1, 0.15) is 0 Å². The molecule has 0 aliphatic rings. The van der Waals surface area contributed by atoms with Crippen molar-refractivity contribution in [3.63, 3.8) is 0 Å². The number of nitrogen functional groups attached to an aromatic ring is 1. The van der Waals surface area contributed by atoms with Crippen LogP contribution in [0.5, 0.6) is 0 Å². The van der Waals surface area contributed by atoms with E-state index in [-0.39, 0.29) is 0 Å². The molecule has 0 bridgehead atoms. The minimum Gasteiger partial charge on any atom is -0.375 e. The molecule has 17 heavy (non-hydrogen) atoms. The number of benzene rings is 1. The number of aryl methyl sites for hydroxylation is 2. The highest BCUT2D eigenvalue weighted by Crippen LogP contribution is 2.33. The maximum Gasteiger partial charge on any atom is 0.180 e. The van der Waals surface area contributed by atoms with Crippen LogP contribution in [0.2, 0.25) is 0 Å². The van der Waals surface area contributed by atoms with E-state index in [9.17, 15) is 0 Å². The normalized spacial score (nSPS) is 11.2. The second kappa shape index (κ2) is 3.60. The molecule has 3 N–H and O–H groups in total. The van der Waals surface area contributed by atoms with Gasteiger partial charge in [-0.2, -0.15) is 0 Å². The Morgan fingerprint density at radius 3 is 2.82 bits per heavy atom. The van der Waals surface area contributed by atoms with Gasteiger partial charge in [-0.05, 0) is 25.5 Å². The number of nitrogens with zero attached hydrogens (tertiary/aromatic N) is 1. The van der Waals surface area contributed by atoms with Gasteiger partial charge in [0, 0.05) is 27.5 Å². The monoisotopic (exact) mass is 243 g/mol. The molecular formula is C13H13N3S. The number of aromatic amines is 1. The summed E-state index contributed by atoms with van der Waals surface area (Å²) in [5.41, 5.74) is 10.3. The van der Waals surface area contributed by atoms with Gasteiger partial charge in [0.05, 0.1) is 5.69 Å². The molecule has 0 spiro atoms. The quantitative estimate of drug-likeness (QED) is 0.687. The average Bonchev–Trinajstić information content (AvgIpc) is 2.81. The number of nitrogens with one attached hydrogen (secondary N) is 1. The first kappa shape index (κ1) is 10.4. The zero-order valence-electron chi connectivity index (χ0n) is 9.74. The lowest BCUT2D eigenvalue weighted by molar-refractivity contribution is 1.38. The molecule has 0 saturated carbocycles. The molecule has 0 amide bonds. The Morgan fingerprint density at radius 2 is 2.12 bits per heavy atom. The molecule has 4 heteroatoms. The van der Waals surface area contributed by atoms with E-state index in [0.29, 0.717) is 5.13 Å². The molecule has 86 valence electrons. The lowest BCUT2D eigenvalue weighted by Crippen LogP contribution is -1.83. The number of fused-ring (bicyclic) bond motifs is 1. The van der Waals surface area contributed by atoms with Crippen molar-refractivity contribution >= 4 is 27.4 Å². The second-order valence-electron chi connectivity index (χ2n) is 4.21. The van der Waals surface area contributed by atoms with Gasteiger partial charge in [-0.15, -0.1) is 11.3 Å². The summed E-state index contributed by atoms with van der Waals surface area (Å²) in [5, 5.41) is 1.82. The van der Waals surface area contributed by atoms with Crippen LogP contribution < -0.4 is 5.73 Å². The van der Waals surface area contributed by atoms with Crippen LogP contribution in [-0.4, -0.2) is 9.97 Å². The number of hydrogen-bond donors (Lipinski definition) is 2. The van der Waals surface area contributed by atoms with E-state index < -0.39 is 0 Å². The highest BCUT2D eigenvalue weighted by molar-refractivity contribution is 7.15. The Balaban J connectivity index is 2.28. The predicted molar refractivity (Wildman–Crippen MR) is 73.3 cm³/mol. The van der Waals surface area contributed by atoms with Crippen LogP contribution in [0, 0.1) is 13.8 Å². The Morgan fingerprint density at radius 1 is 1.29 bits per heavy atom. The molecule has 2 heterocycles. The Hall–Kier alpha value is -1.81. The van der Waals surface area contributed by atoms with Crippen LogP contribution in [0.3, 0.4) is 0 Å². The fourth-order valence-corrected chi connectivity index (χ4v) is 2.81. The van der Waals surface area contributed by atoms with Gasteiger partial charge >= 0.3 is 0 Å². The third-order valence-corrected chi connectivity index (χ3v) is 3.71. The molecule has 0 saturated heterocycles. The van der Waals surface area contributed by atoms with Crippen LogP contribution in [0.1, 0.15) is 10.4 Å². The molecule has 3 aromatic rings. The van der Waals surface area contributed by atoms with Gasteiger partial charge in [0.15, 0.2) is 5.13 Å². The molecule has 3 rings (SSSR count). The summed E-state index contributed by atoms with van der Waals surface area (Å²) < 4.78 is 0. The van der Waals surface area contributed by atoms with E-state index in [4.69, 9.17) is 5.73 Å². The summed E-state index contributed by atoms with van der Waals surface area (Å²) >= 11 is 1.53. The van der Waals surface area contributed by atoms with Crippen LogP contribution in [0.25, 0.3) is 22.2 Å². The molecule has 2 aromatic heterocycles. The lowest BCUT2D eigenvalue weighted by Gasteiger charge is -1.97. The first-order valence-corrected chi connectivity index (χ1v) is 6.28. The summed E-state index contributed by atoms with van der Waals surface area (Å²) in [6.45, 7) is 4.14. The van der Waals surface area contributed by atoms with Crippen molar-refractivity contribution in [1.82, 2.24) is 9.97 Å². The van der Waals surface area contributed by atoms with Crippen molar-refractivity contribution in [3.8, 4) is 11.3 Å². The molecule has 1 aromatic carbocycles. The lowest BCUT2D eigenvalue weighted by atomic mass is 10.1. The molecule has 0 radical (unpaired) electrons. The van der Waals surface area contributed by atoms with E-state index in [0.717, 1.165) is 21.7 Å². The van der Waals surface area contributed by atoms with Crippen molar-refractivity contribution in [2.45, 2.75) is 13.8 Å². The first-order chi connectivity index (χ1) is 8.15. The van der Waals surface area contributed by atoms with Crippen molar-refractivity contribution < 1.29 is 0 Å². The SMILES string of the molecule is Cc1ccc2c(-c3nc(N)sc3C)c[nH]c2c1. The molecule has 0 unspecified atom stereocenters. The second-order valence-corrected chi connectivity index (χ2v) is 5.44. The average molecular weight is 243 g/mol. The van der Waals surface area contributed by atoms with E-state index in [1.54, 1.807) is 0 Å². The zero-order chi connectivity index (χ0) is 12.0. The zero-order valence-corrected chi connectivity index (χ0v) is 10.6. The maximum absolute atomic E-state index is 5.75. The maximum atomic E-state index is 5.75. The summed E-state index contributed by atoms with van der Waals surface area (Å²) in [5.74, 6) is 0. The largest absolute Gasteiger partial charge is 0.375 e. The van der Waals surface area contributed by atoms with Crippen molar-refractivity contribution in [3.05, 3.63) is 34.8 Å². The molecule has 0 aliphatic carbocycles. The summed E-state index contributed by atoms with van der Waals surface area (Å²) in [6.07, 6.45) is 2.01. The number of nitrogens with two attached hydrogens (primary N) is 1. The summed E-state index contributed by atoms with van der Waals surface area (Å²) in [6, 6.07) is 6.39. The molecule has 0 atom stereocenters. The van der Waals surface area contributed by atoms with Crippen LogP contribution in [0.15, 0.2) is 24.4 Å². The molecule has 0 fully saturated rings. The van der Waals surface area contributed by atoms with Crippen LogP contribution in [0.4, 0.5) is 5.13 Å². The molecular weight excluding hydrogens is 230 g/mol. The minimum atomic E-state index is 0.624. The van der Waals surface area contributed by atoms with Gasteiger partial charge in [-0.3, -0.25) is 0 Å². The highest BCUT2D eigenvalue weighted by Gasteiger charge is 2.12. The van der Waals surface area contributed by atoms with E-state index >= 15 is 0 Å². The van der Waals surface area contributed by atoms with E-state index in [1.165, 1.54) is 22.3 Å². The van der Waals surface area contributed by atoms with E-state index in [2.05, 4.69) is 42.0 Å². The standard InChI is InChI=1S/C13H13N3S/c1-7-3-4-9-10(6-15-11(9)5-7)12-8(2)17-13(14)16-12/h3-6,15H,1-2H3,(H2,14,16). The smallest absolute Gasteiger partial charge is 0.180 e. The number of thiazole rings is 1. The number of anilines is 1. The van der Waals surface area contributed by atoms with Gasteiger partial charge in [-0.1, -0.05) is 12.1 Å². The number of aromatic nitrogens is 2. The van der Waals surface area contributed by atoms with Crippen LogP contribution in [-0.2, 0) is 0 Å². The number of H-pyrrole nitrogens is 1.